The fraction of sp³-hybridized carbons (Fsp3) is 0.143. The normalized spacial score (nSPS) is 9.80. The van der Waals surface area contributed by atoms with E-state index in [4.69, 9.17) is 10.8 Å². The quantitative estimate of drug-likeness (QED) is 0.740. The molecule has 0 aromatic heterocycles. The van der Waals surface area contributed by atoms with E-state index < -0.39 is 0 Å². The van der Waals surface area contributed by atoms with Crippen molar-refractivity contribution in [1.29, 1.82) is 0 Å². The number of hydrogen-bond donors (Lipinski definition) is 2. The summed E-state index contributed by atoms with van der Waals surface area (Å²) >= 11 is 2.19. The molecule has 0 aliphatic rings. The van der Waals surface area contributed by atoms with Gasteiger partial charge in [0, 0.05) is 10.1 Å². The first-order chi connectivity index (χ1) is 4.74. The first-order valence-electron chi connectivity index (χ1n) is 2.91. The Labute approximate surface area is 73.2 Å². The zero-order valence-corrected chi connectivity index (χ0v) is 7.50. The van der Waals surface area contributed by atoms with Crippen molar-refractivity contribution in [3.05, 3.63) is 27.3 Å². The lowest BCUT2D eigenvalue weighted by molar-refractivity contribution is 0.474. The van der Waals surface area contributed by atoms with Crippen LogP contribution in [0.2, 0.25) is 0 Å². The van der Waals surface area contributed by atoms with E-state index in [0.717, 1.165) is 9.13 Å². The van der Waals surface area contributed by atoms with Crippen LogP contribution >= 0.6 is 22.6 Å². The van der Waals surface area contributed by atoms with Crippen LogP contribution in [0, 0.1) is 3.57 Å². The van der Waals surface area contributed by atoms with Gasteiger partial charge in [-0.05, 0) is 46.4 Å². The Bertz CT molecular complexity index is 237. The van der Waals surface area contributed by atoms with Crippen LogP contribution < -0.4 is 5.73 Å². The van der Waals surface area contributed by atoms with Gasteiger partial charge < -0.3 is 10.8 Å². The summed E-state index contributed by atoms with van der Waals surface area (Å²) in [5.74, 6) is 0.279. The highest BCUT2D eigenvalue weighted by Gasteiger charge is 1.96. The Kier molecular flexibility index (Phi) is 2.50. The summed E-state index contributed by atoms with van der Waals surface area (Å²) in [6.07, 6.45) is 0. The second kappa shape index (κ2) is 3.21. The molecule has 0 saturated carbocycles. The number of aromatic hydroxyl groups is 1. The molecule has 0 bridgehead atoms. The predicted molar refractivity (Wildman–Crippen MR) is 48.7 cm³/mol. The molecule has 0 saturated heterocycles. The van der Waals surface area contributed by atoms with Crippen molar-refractivity contribution < 1.29 is 5.11 Å². The number of halogens is 1. The third kappa shape index (κ3) is 1.60. The Balaban J connectivity index is 3.09. The Morgan fingerprint density at radius 1 is 1.50 bits per heavy atom. The maximum atomic E-state index is 9.01. The Morgan fingerprint density at radius 2 is 2.20 bits per heavy atom. The van der Waals surface area contributed by atoms with E-state index >= 15 is 0 Å². The number of rotatable bonds is 1. The highest BCUT2D eigenvalue weighted by Crippen LogP contribution is 2.17. The fourth-order valence-corrected chi connectivity index (χ4v) is 1.27. The highest BCUT2D eigenvalue weighted by atomic mass is 127. The van der Waals surface area contributed by atoms with Gasteiger partial charge in [0.05, 0.1) is 0 Å². The molecule has 1 rings (SSSR count). The maximum Gasteiger partial charge on any atom is 0.115 e. The lowest BCUT2D eigenvalue weighted by Gasteiger charge is -1.99. The third-order valence-corrected chi connectivity index (χ3v) is 2.30. The van der Waals surface area contributed by atoms with Gasteiger partial charge in [0.15, 0.2) is 0 Å². The van der Waals surface area contributed by atoms with Crippen LogP contribution in [0.25, 0.3) is 0 Å². The second-order valence-electron chi connectivity index (χ2n) is 1.98. The van der Waals surface area contributed by atoms with Crippen LogP contribution in [0.4, 0.5) is 0 Å². The molecule has 0 aliphatic heterocycles. The van der Waals surface area contributed by atoms with Crippen molar-refractivity contribution >= 4 is 22.6 Å². The number of benzene rings is 1. The van der Waals surface area contributed by atoms with Gasteiger partial charge in [-0.3, -0.25) is 0 Å². The first-order valence-corrected chi connectivity index (χ1v) is 3.99. The van der Waals surface area contributed by atoms with Crippen LogP contribution in [-0.2, 0) is 6.54 Å². The number of nitrogens with two attached hydrogens (primary N) is 1. The molecule has 0 aliphatic carbocycles. The summed E-state index contributed by atoms with van der Waals surface area (Å²) in [4.78, 5) is 0. The molecule has 0 spiro atoms. The SMILES string of the molecule is NCc1cc(O)ccc1I. The minimum Gasteiger partial charge on any atom is -0.508 e. The van der Waals surface area contributed by atoms with Crippen LogP contribution in [0.1, 0.15) is 5.56 Å². The van der Waals surface area contributed by atoms with E-state index in [1.54, 1.807) is 12.1 Å². The number of hydrogen-bond acceptors (Lipinski definition) is 2. The molecule has 3 heteroatoms. The highest BCUT2D eigenvalue weighted by molar-refractivity contribution is 14.1. The topological polar surface area (TPSA) is 46.2 Å². The van der Waals surface area contributed by atoms with E-state index in [2.05, 4.69) is 22.6 Å². The zero-order chi connectivity index (χ0) is 7.56. The summed E-state index contributed by atoms with van der Waals surface area (Å²) in [5.41, 5.74) is 6.39. The van der Waals surface area contributed by atoms with Gasteiger partial charge in [0.2, 0.25) is 0 Å². The van der Waals surface area contributed by atoms with E-state index in [1.807, 2.05) is 6.07 Å². The summed E-state index contributed by atoms with van der Waals surface area (Å²) in [6, 6.07) is 5.18. The van der Waals surface area contributed by atoms with Crippen LogP contribution in [0.3, 0.4) is 0 Å². The van der Waals surface area contributed by atoms with Gasteiger partial charge in [0.25, 0.3) is 0 Å². The van der Waals surface area contributed by atoms with Gasteiger partial charge in [-0.25, -0.2) is 0 Å². The molecular formula is C7H8INO. The van der Waals surface area contributed by atoms with Gasteiger partial charge in [0.1, 0.15) is 5.75 Å². The molecule has 0 atom stereocenters. The fourth-order valence-electron chi connectivity index (χ4n) is 0.718. The average Bonchev–Trinajstić information content (AvgIpc) is 1.94. The van der Waals surface area contributed by atoms with Gasteiger partial charge in [-0.15, -0.1) is 0 Å². The number of phenolic OH excluding ortho intramolecular Hbond substituents is 1. The molecule has 0 radical (unpaired) electrons. The maximum absolute atomic E-state index is 9.01. The van der Waals surface area contributed by atoms with Gasteiger partial charge in [-0.2, -0.15) is 0 Å². The van der Waals surface area contributed by atoms with Gasteiger partial charge >= 0.3 is 0 Å². The van der Waals surface area contributed by atoms with Crippen LogP contribution in [0.15, 0.2) is 18.2 Å². The summed E-state index contributed by atoms with van der Waals surface area (Å²) in [7, 11) is 0. The second-order valence-corrected chi connectivity index (χ2v) is 3.14. The molecule has 10 heavy (non-hydrogen) atoms. The van der Waals surface area contributed by atoms with Crippen molar-refractivity contribution in [2.75, 3.05) is 0 Å². The smallest absolute Gasteiger partial charge is 0.115 e. The van der Waals surface area contributed by atoms with E-state index in [9.17, 15) is 0 Å². The first kappa shape index (κ1) is 7.81. The molecule has 0 fully saturated rings. The van der Waals surface area contributed by atoms with E-state index in [1.165, 1.54) is 0 Å². The summed E-state index contributed by atoms with van der Waals surface area (Å²) < 4.78 is 1.10. The monoisotopic (exact) mass is 249 g/mol. The zero-order valence-electron chi connectivity index (χ0n) is 5.34. The van der Waals surface area contributed by atoms with Gasteiger partial charge in [-0.1, -0.05) is 0 Å². The van der Waals surface area contributed by atoms with Crippen molar-refractivity contribution in [1.82, 2.24) is 0 Å². The van der Waals surface area contributed by atoms with Crippen molar-refractivity contribution in [2.24, 2.45) is 5.73 Å². The van der Waals surface area contributed by atoms with Crippen LogP contribution in [0.5, 0.6) is 5.75 Å². The minimum atomic E-state index is 0.279. The molecule has 0 heterocycles. The minimum absolute atomic E-state index is 0.279. The molecule has 54 valence electrons. The summed E-state index contributed by atoms with van der Waals surface area (Å²) in [5, 5.41) is 9.01. The molecule has 1 aromatic rings. The molecule has 2 nitrogen and oxygen atoms in total. The van der Waals surface area contributed by atoms with E-state index in [0.29, 0.717) is 6.54 Å². The standard InChI is InChI=1S/C7H8INO/c8-7-2-1-6(10)3-5(7)4-9/h1-3,10H,4,9H2. The molecule has 1 aromatic carbocycles. The van der Waals surface area contributed by atoms with E-state index in [-0.39, 0.29) is 5.75 Å². The largest absolute Gasteiger partial charge is 0.508 e. The molecule has 0 amide bonds. The Hall–Kier alpha value is -0.290. The molecule has 0 unspecified atom stereocenters. The summed E-state index contributed by atoms with van der Waals surface area (Å²) in [6.45, 7) is 0.479. The molecular weight excluding hydrogens is 241 g/mol. The predicted octanol–water partition coefficient (Wildman–Crippen LogP) is 1.46. The Morgan fingerprint density at radius 3 is 2.70 bits per heavy atom. The molecule has 3 N–H and O–H groups in total. The lowest BCUT2D eigenvalue weighted by atomic mass is 10.2. The third-order valence-electron chi connectivity index (χ3n) is 1.25. The lowest BCUT2D eigenvalue weighted by Crippen LogP contribution is -1.97. The van der Waals surface area contributed by atoms with Crippen molar-refractivity contribution in [3.8, 4) is 5.75 Å². The van der Waals surface area contributed by atoms with Crippen LogP contribution in [-0.4, -0.2) is 5.11 Å². The number of phenols is 1. The average molecular weight is 249 g/mol. The van der Waals surface area contributed by atoms with Crippen molar-refractivity contribution in [2.45, 2.75) is 6.54 Å². The van der Waals surface area contributed by atoms with Crippen molar-refractivity contribution in [3.63, 3.8) is 0 Å².